The number of hydrogen-bond donors (Lipinski definition) is 0. The second kappa shape index (κ2) is 6.08. The monoisotopic (exact) mass is 222 g/mol. The van der Waals surface area contributed by atoms with Crippen LogP contribution in [0.15, 0.2) is 30.3 Å². The van der Waals surface area contributed by atoms with E-state index in [4.69, 9.17) is 4.43 Å². The van der Waals surface area contributed by atoms with E-state index in [1.54, 1.807) is 0 Å². The van der Waals surface area contributed by atoms with E-state index in [0.717, 1.165) is 13.0 Å². The zero-order valence-electron chi connectivity index (χ0n) is 10.1. The van der Waals surface area contributed by atoms with Crippen LogP contribution in [0.1, 0.15) is 27.2 Å². The van der Waals surface area contributed by atoms with Crippen molar-refractivity contribution in [3.8, 4) is 0 Å². The molecule has 0 amide bonds. The maximum Gasteiger partial charge on any atom is 0.223 e. The summed E-state index contributed by atoms with van der Waals surface area (Å²) in [5, 5.41) is 1.45. The van der Waals surface area contributed by atoms with E-state index < -0.39 is 8.32 Å². The fourth-order valence-electron chi connectivity index (χ4n) is 1.99. The van der Waals surface area contributed by atoms with Crippen molar-refractivity contribution in [2.75, 3.05) is 6.61 Å². The lowest BCUT2D eigenvalue weighted by molar-refractivity contribution is 0.308. The van der Waals surface area contributed by atoms with Crippen LogP contribution in [0, 0.1) is 0 Å². The van der Waals surface area contributed by atoms with Gasteiger partial charge in [-0.15, -0.1) is 0 Å². The second-order valence-electron chi connectivity index (χ2n) is 3.92. The topological polar surface area (TPSA) is 9.23 Å². The fourth-order valence-corrected chi connectivity index (χ4v) is 5.27. The van der Waals surface area contributed by atoms with E-state index in [-0.39, 0.29) is 0 Å². The molecule has 0 saturated heterocycles. The second-order valence-corrected chi connectivity index (χ2v) is 8.18. The summed E-state index contributed by atoms with van der Waals surface area (Å²) in [6.07, 6.45) is 1.11. The van der Waals surface area contributed by atoms with Crippen LogP contribution in [0.25, 0.3) is 0 Å². The van der Waals surface area contributed by atoms with Gasteiger partial charge in [0.1, 0.15) is 0 Å². The number of benzene rings is 1. The van der Waals surface area contributed by atoms with Crippen molar-refractivity contribution in [1.82, 2.24) is 0 Å². The lowest BCUT2D eigenvalue weighted by Crippen LogP contribution is -2.49. The Hall–Kier alpha value is -0.603. The molecule has 0 N–H and O–H groups in total. The summed E-state index contributed by atoms with van der Waals surface area (Å²) in [7, 11) is -1.64. The summed E-state index contributed by atoms with van der Waals surface area (Å²) >= 11 is 0. The Kier molecular flexibility index (Phi) is 5.06. The molecule has 0 heterocycles. The molecule has 0 saturated carbocycles. The standard InChI is InChI=1S/C13H22OSi/c1-4-12-14-15(5-2,6-3)13-10-8-7-9-11-13/h7-11H,4-6,12H2,1-3H3. The molecule has 15 heavy (non-hydrogen) atoms. The van der Waals surface area contributed by atoms with Crippen LogP contribution < -0.4 is 5.19 Å². The molecule has 1 rings (SSSR count). The van der Waals surface area contributed by atoms with Crippen molar-refractivity contribution < 1.29 is 4.43 Å². The molecule has 0 fully saturated rings. The first-order chi connectivity index (χ1) is 7.29. The summed E-state index contributed by atoms with van der Waals surface area (Å²) in [5.74, 6) is 0. The zero-order valence-corrected chi connectivity index (χ0v) is 11.1. The van der Waals surface area contributed by atoms with Gasteiger partial charge in [0, 0.05) is 6.61 Å². The van der Waals surface area contributed by atoms with E-state index >= 15 is 0 Å². The van der Waals surface area contributed by atoms with Gasteiger partial charge in [0.05, 0.1) is 0 Å². The molecule has 0 aliphatic rings. The van der Waals surface area contributed by atoms with E-state index in [0.29, 0.717) is 0 Å². The van der Waals surface area contributed by atoms with Crippen molar-refractivity contribution in [3.05, 3.63) is 30.3 Å². The minimum Gasteiger partial charge on any atom is -0.412 e. The Balaban J connectivity index is 2.89. The highest BCUT2D eigenvalue weighted by atomic mass is 28.4. The largest absolute Gasteiger partial charge is 0.412 e. The summed E-state index contributed by atoms with van der Waals surface area (Å²) in [6.45, 7) is 7.61. The maximum atomic E-state index is 6.20. The quantitative estimate of drug-likeness (QED) is 0.671. The molecule has 0 aromatic heterocycles. The van der Waals surface area contributed by atoms with E-state index in [1.807, 2.05) is 0 Å². The predicted molar refractivity (Wildman–Crippen MR) is 69.0 cm³/mol. The van der Waals surface area contributed by atoms with Crippen LogP contribution in [-0.2, 0) is 4.43 Å². The Morgan fingerprint density at radius 1 is 1.00 bits per heavy atom. The van der Waals surface area contributed by atoms with Crippen LogP contribution in [0.2, 0.25) is 12.1 Å². The Bertz CT molecular complexity index is 267. The third kappa shape index (κ3) is 2.92. The van der Waals surface area contributed by atoms with Crippen molar-refractivity contribution in [2.24, 2.45) is 0 Å². The lowest BCUT2D eigenvalue weighted by atomic mass is 10.4. The normalized spacial score (nSPS) is 11.7. The predicted octanol–water partition coefficient (Wildman–Crippen LogP) is 3.31. The van der Waals surface area contributed by atoms with E-state index in [1.165, 1.54) is 17.3 Å². The van der Waals surface area contributed by atoms with Crippen LogP contribution in [0.3, 0.4) is 0 Å². The van der Waals surface area contributed by atoms with Crippen LogP contribution in [0.5, 0.6) is 0 Å². The molecule has 84 valence electrons. The van der Waals surface area contributed by atoms with Gasteiger partial charge in [0.2, 0.25) is 8.32 Å². The van der Waals surface area contributed by atoms with Crippen molar-refractivity contribution in [2.45, 2.75) is 39.3 Å². The molecule has 0 radical (unpaired) electrons. The molecule has 0 atom stereocenters. The summed E-state index contributed by atoms with van der Waals surface area (Å²) in [4.78, 5) is 0. The van der Waals surface area contributed by atoms with Crippen molar-refractivity contribution in [1.29, 1.82) is 0 Å². The summed E-state index contributed by atoms with van der Waals surface area (Å²) < 4.78 is 6.20. The average Bonchev–Trinajstić information content (AvgIpc) is 2.33. The Labute approximate surface area is 94.6 Å². The van der Waals surface area contributed by atoms with Gasteiger partial charge in [0.25, 0.3) is 0 Å². The van der Waals surface area contributed by atoms with Crippen molar-refractivity contribution >= 4 is 13.5 Å². The third-order valence-electron chi connectivity index (χ3n) is 3.02. The average molecular weight is 222 g/mol. The molecule has 0 aliphatic carbocycles. The molecule has 1 nitrogen and oxygen atoms in total. The Morgan fingerprint density at radius 3 is 2.07 bits per heavy atom. The van der Waals surface area contributed by atoms with Crippen LogP contribution in [-0.4, -0.2) is 14.9 Å². The van der Waals surface area contributed by atoms with Gasteiger partial charge in [-0.2, -0.15) is 0 Å². The van der Waals surface area contributed by atoms with Gasteiger partial charge in [-0.05, 0) is 23.7 Å². The van der Waals surface area contributed by atoms with Gasteiger partial charge >= 0.3 is 0 Å². The van der Waals surface area contributed by atoms with Gasteiger partial charge in [-0.1, -0.05) is 51.1 Å². The molecular weight excluding hydrogens is 200 g/mol. The molecule has 0 unspecified atom stereocenters. The fraction of sp³-hybridized carbons (Fsp3) is 0.538. The first-order valence-corrected chi connectivity index (χ1v) is 8.30. The molecule has 0 bridgehead atoms. The SMILES string of the molecule is CCCO[Si](CC)(CC)c1ccccc1. The zero-order chi connectivity index (χ0) is 11.1. The minimum atomic E-state index is -1.64. The molecule has 0 aliphatic heterocycles. The van der Waals surface area contributed by atoms with Crippen LogP contribution in [0.4, 0.5) is 0 Å². The first kappa shape index (κ1) is 12.5. The highest BCUT2D eigenvalue weighted by molar-refractivity contribution is 6.86. The first-order valence-electron chi connectivity index (χ1n) is 5.98. The number of hydrogen-bond acceptors (Lipinski definition) is 1. The minimum absolute atomic E-state index is 0.906. The van der Waals surface area contributed by atoms with E-state index in [9.17, 15) is 0 Å². The highest BCUT2D eigenvalue weighted by Gasteiger charge is 2.32. The third-order valence-corrected chi connectivity index (χ3v) is 7.45. The van der Waals surface area contributed by atoms with Crippen molar-refractivity contribution in [3.63, 3.8) is 0 Å². The number of rotatable bonds is 6. The molecule has 2 heteroatoms. The van der Waals surface area contributed by atoms with Gasteiger partial charge < -0.3 is 4.43 Å². The Morgan fingerprint density at radius 2 is 1.60 bits per heavy atom. The van der Waals surface area contributed by atoms with Crippen LogP contribution >= 0.6 is 0 Å². The summed E-state index contributed by atoms with van der Waals surface area (Å²) in [5.41, 5.74) is 0. The van der Waals surface area contributed by atoms with Gasteiger partial charge in [-0.25, -0.2) is 0 Å². The lowest BCUT2D eigenvalue weighted by Gasteiger charge is -2.29. The molecule has 1 aromatic rings. The highest BCUT2D eigenvalue weighted by Crippen LogP contribution is 2.17. The maximum absolute atomic E-state index is 6.20. The smallest absolute Gasteiger partial charge is 0.223 e. The molecule has 1 aromatic carbocycles. The van der Waals surface area contributed by atoms with Gasteiger partial charge in [0.15, 0.2) is 0 Å². The van der Waals surface area contributed by atoms with E-state index in [2.05, 4.69) is 51.1 Å². The molecular formula is C13H22OSi. The summed E-state index contributed by atoms with van der Waals surface area (Å²) in [6, 6.07) is 13.1. The van der Waals surface area contributed by atoms with Gasteiger partial charge in [-0.3, -0.25) is 0 Å². The molecule has 0 spiro atoms.